The second-order valence-electron chi connectivity index (χ2n) is 2.48. The number of aromatic amines is 1. The quantitative estimate of drug-likeness (QED) is 0.497. The number of aromatic nitrogens is 4. The lowest BCUT2D eigenvalue weighted by atomic mass is 10.5. The number of nitrogen functional groups attached to an aromatic ring is 1. The van der Waals surface area contributed by atoms with Gasteiger partial charge in [-0.25, -0.2) is 9.66 Å². The summed E-state index contributed by atoms with van der Waals surface area (Å²) in [6, 6.07) is 0. The van der Waals surface area contributed by atoms with Gasteiger partial charge in [-0.2, -0.15) is 4.98 Å². The van der Waals surface area contributed by atoms with Crippen molar-refractivity contribution < 1.29 is 4.79 Å². The minimum Gasteiger partial charge on any atom is -0.369 e. The molecule has 0 aliphatic heterocycles. The highest BCUT2D eigenvalue weighted by Gasteiger charge is 2.07. The Morgan fingerprint density at radius 2 is 2.43 bits per heavy atom. The number of imidazole rings is 1. The van der Waals surface area contributed by atoms with Gasteiger partial charge in [0.15, 0.2) is 11.2 Å². The minimum atomic E-state index is -0.445. The van der Waals surface area contributed by atoms with Gasteiger partial charge in [0.2, 0.25) is 12.4 Å². The van der Waals surface area contributed by atoms with Crippen LogP contribution >= 0.6 is 0 Å². The van der Waals surface area contributed by atoms with Crippen LogP contribution < -0.4 is 16.7 Å². The van der Waals surface area contributed by atoms with Crippen LogP contribution in [0.25, 0.3) is 11.2 Å². The number of nitrogens with two attached hydrogens (primary N) is 1. The van der Waals surface area contributed by atoms with Crippen LogP contribution in [0.15, 0.2) is 11.1 Å². The van der Waals surface area contributed by atoms with Crippen LogP contribution in [0.3, 0.4) is 0 Å². The van der Waals surface area contributed by atoms with Gasteiger partial charge < -0.3 is 5.73 Å². The molecule has 0 aliphatic rings. The first-order valence-corrected chi connectivity index (χ1v) is 3.65. The first-order chi connectivity index (χ1) is 6.72. The summed E-state index contributed by atoms with van der Waals surface area (Å²) in [5.74, 6) is -0.0306. The Kier molecular flexibility index (Phi) is 1.67. The molecular weight excluding hydrogens is 188 g/mol. The normalized spacial score (nSPS) is 10.3. The summed E-state index contributed by atoms with van der Waals surface area (Å²) in [7, 11) is 0. The molecule has 0 radical (unpaired) electrons. The van der Waals surface area contributed by atoms with E-state index in [1.54, 1.807) is 0 Å². The Balaban J connectivity index is 2.78. The van der Waals surface area contributed by atoms with Crippen LogP contribution in [-0.4, -0.2) is 26.0 Å². The van der Waals surface area contributed by atoms with Crippen molar-refractivity contribution in [3.05, 3.63) is 16.7 Å². The molecule has 0 aromatic carbocycles. The van der Waals surface area contributed by atoms with Gasteiger partial charge in [0.05, 0.1) is 0 Å². The average Bonchev–Trinajstić information content (AvgIpc) is 2.49. The second-order valence-corrected chi connectivity index (χ2v) is 2.48. The van der Waals surface area contributed by atoms with Crippen LogP contribution in [0.2, 0.25) is 0 Å². The third-order valence-electron chi connectivity index (χ3n) is 1.62. The molecule has 1 amide bonds. The topological polar surface area (TPSA) is 119 Å². The van der Waals surface area contributed by atoms with E-state index in [1.165, 1.54) is 11.0 Å². The highest BCUT2D eigenvalue weighted by atomic mass is 16.1. The maximum Gasteiger partial charge on any atom is 0.280 e. The van der Waals surface area contributed by atoms with Crippen molar-refractivity contribution in [2.75, 3.05) is 11.2 Å². The Labute approximate surface area is 76.7 Å². The van der Waals surface area contributed by atoms with Gasteiger partial charge in [0.1, 0.15) is 6.33 Å². The number of carbonyl (C=O) groups is 1. The van der Waals surface area contributed by atoms with Crippen molar-refractivity contribution in [3.63, 3.8) is 0 Å². The molecule has 72 valence electrons. The minimum absolute atomic E-state index is 0.0306. The zero-order valence-corrected chi connectivity index (χ0v) is 6.89. The first kappa shape index (κ1) is 8.23. The lowest BCUT2D eigenvalue weighted by Crippen LogP contribution is -2.15. The maximum absolute atomic E-state index is 11.2. The van der Waals surface area contributed by atoms with Crippen molar-refractivity contribution in [3.8, 4) is 0 Å². The number of hydrogen-bond acceptors (Lipinski definition) is 5. The van der Waals surface area contributed by atoms with E-state index in [2.05, 4.69) is 20.4 Å². The third-order valence-corrected chi connectivity index (χ3v) is 1.62. The van der Waals surface area contributed by atoms with Gasteiger partial charge in [0.25, 0.3) is 5.56 Å². The third kappa shape index (κ3) is 1.09. The van der Waals surface area contributed by atoms with Crippen LogP contribution in [-0.2, 0) is 4.79 Å². The van der Waals surface area contributed by atoms with Gasteiger partial charge in [-0.3, -0.25) is 20.0 Å². The van der Waals surface area contributed by atoms with Crippen LogP contribution in [0.4, 0.5) is 5.95 Å². The summed E-state index contributed by atoms with van der Waals surface area (Å²) < 4.78 is 1.20. The SMILES string of the molecule is Nc1nc2c(ncn2NC=O)c(=O)[nH]1. The van der Waals surface area contributed by atoms with E-state index in [9.17, 15) is 9.59 Å². The molecule has 2 aromatic heterocycles. The number of hydrogen-bond donors (Lipinski definition) is 3. The summed E-state index contributed by atoms with van der Waals surface area (Å²) in [4.78, 5) is 31.3. The molecule has 2 rings (SSSR count). The number of H-pyrrole nitrogens is 1. The van der Waals surface area contributed by atoms with Crippen molar-refractivity contribution in [2.45, 2.75) is 0 Å². The first-order valence-electron chi connectivity index (χ1n) is 3.65. The van der Waals surface area contributed by atoms with Crippen molar-refractivity contribution in [1.29, 1.82) is 0 Å². The molecule has 0 aliphatic carbocycles. The van der Waals surface area contributed by atoms with Gasteiger partial charge >= 0.3 is 0 Å². The second kappa shape index (κ2) is 2.83. The molecule has 2 heterocycles. The molecule has 4 N–H and O–H groups in total. The fraction of sp³-hybridized carbons (Fsp3) is 0. The number of nitrogens with one attached hydrogen (secondary N) is 2. The maximum atomic E-state index is 11.2. The van der Waals surface area contributed by atoms with Crippen molar-refractivity contribution >= 4 is 23.5 Å². The summed E-state index contributed by atoms with van der Waals surface area (Å²) >= 11 is 0. The molecule has 0 spiro atoms. The molecule has 8 nitrogen and oxygen atoms in total. The van der Waals surface area contributed by atoms with E-state index in [-0.39, 0.29) is 17.1 Å². The predicted molar refractivity (Wildman–Crippen MR) is 48.0 cm³/mol. The standard InChI is InChI=1S/C6H6N6O2/c7-6-10-4-3(5(14)11-6)8-1-12(4)9-2-13/h1-2H,(H,9,13)(H3,7,10,11,14). The molecular formula is C6H6N6O2. The van der Waals surface area contributed by atoms with Gasteiger partial charge in [-0.05, 0) is 0 Å². The predicted octanol–water partition coefficient (Wildman–Crippen LogP) is -1.60. The Hall–Kier alpha value is -2.38. The molecule has 2 aromatic rings. The molecule has 0 atom stereocenters. The number of carbonyl (C=O) groups excluding carboxylic acids is 1. The van der Waals surface area contributed by atoms with Gasteiger partial charge in [0, 0.05) is 0 Å². The fourth-order valence-corrected chi connectivity index (χ4v) is 1.08. The lowest BCUT2D eigenvalue weighted by Gasteiger charge is -1.98. The van der Waals surface area contributed by atoms with E-state index in [1.807, 2.05) is 0 Å². The van der Waals surface area contributed by atoms with Crippen LogP contribution in [0, 0.1) is 0 Å². The average molecular weight is 194 g/mol. The number of anilines is 1. The Morgan fingerprint density at radius 1 is 1.64 bits per heavy atom. The Morgan fingerprint density at radius 3 is 3.14 bits per heavy atom. The summed E-state index contributed by atoms with van der Waals surface area (Å²) in [6.07, 6.45) is 1.71. The van der Waals surface area contributed by atoms with Gasteiger partial charge in [-0.1, -0.05) is 0 Å². The Bertz CT molecular complexity index is 541. The zero-order valence-electron chi connectivity index (χ0n) is 6.89. The van der Waals surface area contributed by atoms with E-state index in [0.29, 0.717) is 6.41 Å². The molecule has 14 heavy (non-hydrogen) atoms. The zero-order chi connectivity index (χ0) is 10.1. The fourth-order valence-electron chi connectivity index (χ4n) is 1.08. The molecule has 0 saturated carbocycles. The van der Waals surface area contributed by atoms with Crippen molar-refractivity contribution in [1.82, 2.24) is 19.6 Å². The highest BCUT2D eigenvalue weighted by molar-refractivity contribution is 5.72. The number of amides is 1. The highest BCUT2D eigenvalue weighted by Crippen LogP contribution is 2.03. The van der Waals surface area contributed by atoms with Crippen LogP contribution in [0.5, 0.6) is 0 Å². The number of rotatable bonds is 2. The summed E-state index contributed by atoms with van der Waals surface area (Å²) in [6.45, 7) is 0. The largest absolute Gasteiger partial charge is 0.369 e. The smallest absolute Gasteiger partial charge is 0.280 e. The molecule has 0 bridgehead atoms. The monoisotopic (exact) mass is 194 g/mol. The summed E-state index contributed by atoms with van der Waals surface area (Å²) in [5.41, 5.74) is 7.49. The van der Waals surface area contributed by atoms with Crippen LogP contribution in [0.1, 0.15) is 0 Å². The van der Waals surface area contributed by atoms with E-state index in [4.69, 9.17) is 5.73 Å². The van der Waals surface area contributed by atoms with E-state index >= 15 is 0 Å². The molecule has 0 unspecified atom stereocenters. The van der Waals surface area contributed by atoms with E-state index < -0.39 is 5.56 Å². The van der Waals surface area contributed by atoms with E-state index in [0.717, 1.165) is 0 Å². The molecule has 8 heteroatoms. The van der Waals surface area contributed by atoms with Crippen molar-refractivity contribution in [2.24, 2.45) is 0 Å². The summed E-state index contributed by atoms with van der Waals surface area (Å²) in [5, 5.41) is 0. The van der Waals surface area contributed by atoms with Gasteiger partial charge in [-0.15, -0.1) is 0 Å². The lowest BCUT2D eigenvalue weighted by molar-refractivity contribution is -0.106. The number of nitrogens with zero attached hydrogens (tertiary/aromatic N) is 3. The number of fused-ring (bicyclic) bond motifs is 1. The molecule has 0 saturated heterocycles. The molecule has 0 fully saturated rings.